The van der Waals surface area contributed by atoms with Crippen molar-refractivity contribution in [3.63, 3.8) is 0 Å². The van der Waals surface area contributed by atoms with Crippen molar-refractivity contribution >= 4 is 0 Å². The molecule has 0 amide bonds. The molecule has 2 aromatic heterocycles. The van der Waals surface area contributed by atoms with Gasteiger partial charge in [-0.1, -0.05) is 6.07 Å². The third-order valence-corrected chi connectivity index (χ3v) is 2.69. The Morgan fingerprint density at radius 2 is 2.00 bits per heavy atom. The van der Waals surface area contributed by atoms with E-state index in [1.54, 1.807) is 0 Å². The quantitative estimate of drug-likeness (QED) is 0.941. The number of pyridine rings is 2. The second-order valence-corrected chi connectivity index (χ2v) is 3.97. The van der Waals surface area contributed by atoms with Crippen molar-refractivity contribution in [1.82, 2.24) is 9.97 Å². The lowest BCUT2D eigenvalue weighted by molar-refractivity contribution is -0.139. The number of alkyl halides is 3. The summed E-state index contributed by atoms with van der Waals surface area (Å²) in [6.07, 6.45) is -4.10. The van der Waals surface area contributed by atoms with Crippen LogP contribution in [0.3, 0.4) is 0 Å². The van der Waals surface area contributed by atoms with Crippen LogP contribution in [0.15, 0.2) is 36.7 Å². The third kappa shape index (κ3) is 2.88. The first-order valence-electron chi connectivity index (χ1n) is 5.63. The van der Waals surface area contributed by atoms with E-state index >= 15 is 0 Å². The SMILES string of the molecule is COc1cccc(C(O)c2cnccc2C(F)(F)F)n1. The molecule has 0 aromatic carbocycles. The van der Waals surface area contributed by atoms with Crippen molar-refractivity contribution in [3.05, 3.63) is 53.5 Å². The fourth-order valence-corrected chi connectivity index (χ4v) is 1.74. The lowest BCUT2D eigenvalue weighted by Gasteiger charge is -2.16. The van der Waals surface area contributed by atoms with E-state index in [-0.39, 0.29) is 17.1 Å². The lowest BCUT2D eigenvalue weighted by Crippen LogP contribution is -2.14. The minimum atomic E-state index is -4.57. The fourth-order valence-electron chi connectivity index (χ4n) is 1.74. The van der Waals surface area contributed by atoms with E-state index < -0.39 is 17.8 Å². The van der Waals surface area contributed by atoms with E-state index in [2.05, 4.69) is 9.97 Å². The van der Waals surface area contributed by atoms with Crippen LogP contribution >= 0.6 is 0 Å². The number of rotatable bonds is 3. The number of aliphatic hydroxyl groups excluding tert-OH is 1. The zero-order valence-corrected chi connectivity index (χ0v) is 10.4. The van der Waals surface area contributed by atoms with Gasteiger partial charge in [0, 0.05) is 24.0 Å². The summed E-state index contributed by atoms with van der Waals surface area (Å²) < 4.78 is 43.5. The molecule has 0 saturated carbocycles. The zero-order chi connectivity index (χ0) is 14.8. The molecule has 2 aromatic rings. The van der Waals surface area contributed by atoms with Gasteiger partial charge in [-0.2, -0.15) is 13.2 Å². The van der Waals surface area contributed by atoms with Crippen LogP contribution in [-0.4, -0.2) is 22.2 Å². The number of nitrogens with zero attached hydrogens (tertiary/aromatic N) is 2. The van der Waals surface area contributed by atoms with Gasteiger partial charge in [0.2, 0.25) is 5.88 Å². The van der Waals surface area contributed by atoms with Crippen LogP contribution in [-0.2, 0) is 6.18 Å². The number of halogens is 3. The van der Waals surface area contributed by atoms with Gasteiger partial charge in [0.1, 0.15) is 6.10 Å². The maximum absolute atomic E-state index is 12.9. The van der Waals surface area contributed by atoms with Gasteiger partial charge < -0.3 is 9.84 Å². The molecule has 0 saturated heterocycles. The molecule has 0 aliphatic carbocycles. The Morgan fingerprint density at radius 1 is 1.25 bits per heavy atom. The summed E-state index contributed by atoms with van der Waals surface area (Å²) in [7, 11) is 1.38. The molecule has 0 fully saturated rings. The van der Waals surface area contributed by atoms with Gasteiger partial charge >= 0.3 is 6.18 Å². The summed E-state index contributed by atoms with van der Waals surface area (Å²) in [6, 6.07) is 5.30. The molecule has 1 unspecified atom stereocenters. The molecular formula is C13H11F3N2O2. The Labute approximate surface area is 112 Å². The first-order chi connectivity index (χ1) is 9.43. The van der Waals surface area contributed by atoms with Crippen molar-refractivity contribution in [2.24, 2.45) is 0 Å². The van der Waals surface area contributed by atoms with Crippen molar-refractivity contribution in [1.29, 1.82) is 0 Å². The smallest absolute Gasteiger partial charge is 0.416 e. The second kappa shape index (κ2) is 5.46. The molecule has 0 spiro atoms. The lowest BCUT2D eigenvalue weighted by atomic mass is 10.0. The van der Waals surface area contributed by atoms with E-state index in [0.29, 0.717) is 0 Å². The Bertz CT molecular complexity index is 602. The maximum atomic E-state index is 12.9. The van der Waals surface area contributed by atoms with Gasteiger partial charge in [0.15, 0.2) is 0 Å². The number of aromatic nitrogens is 2. The van der Waals surface area contributed by atoms with E-state index in [1.807, 2.05) is 0 Å². The first-order valence-corrected chi connectivity index (χ1v) is 5.63. The van der Waals surface area contributed by atoms with Crippen molar-refractivity contribution in [3.8, 4) is 5.88 Å². The van der Waals surface area contributed by atoms with Gasteiger partial charge in [0.05, 0.1) is 18.4 Å². The average Bonchev–Trinajstić information content (AvgIpc) is 2.45. The fraction of sp³-hybridized carbons (Fsp3) is 0.231. The average molecular weight is 284 g/mol. The standard InChI is InChI=1S/C13H11F3N2O2/c1-20-11-4-2-3-10(18-11)12(19)8-7-17-6-5-9(8)13(14,15)16/h2-7,12,19H,1H3. The molecular weight excluding hydrogens is 273 g/mol. The van der Waals surface area contributed by atoms with E-state index in [4.69, 9.17) is 4.74 Å². The summed E-state index contributed by atoms with van der Waals surface area (Å²) in [5, 5.41) is 10.1. The molecule has 0 radical (unpaired) electrons. The highest BCUT2D eigenvalue weighted by atomic mass is 19.4. The molecule has 20 heavy (non-hydrogen) atoms. The Hall–Kier alpha value is -2.15. The van der Waals surface area contributed by atoms with Crippen LogP contribution in [0.5, 0.6) is 5.88 Å². The van der Waals surface area contributed by atoms with Gasteiger partial charge in [-0.25, -0.2) is 4.98 Å². The summed E-state index contributed by atoms with van der Waals surface area (Å²) in [6.45, 7) is 0. The predicted molar refractivity (Wildman–Crippen MR) is 64.1 cm³/mol. The second-order valence-electron chi connectivity index (χ2n) is 3.97. The largest absolute Gasteiger partial charge is 0.481 e. The van der Waals surface area contributed by atoms with Crippen molar-refractivity contribution < 1.29 is 23.0 Å². The summed E-state index contributed by atoms with van der Waals surface area (Å²) in [5.74, 6) is 0.207. The van der Waals surface area contributed by atoms with Crippen LogP contribution in [0, 0.1) is 0 Å². The molecule has 2 heterocycles. The Balaban J connectivity index is 2.45. The van der Waals surface area contributed by atoms with Gasteiger partial charge in [-0.05, 0) is 12.1 Å². The first kappa shape index (κ1) is 14.3. The zero-order valence-electron chi connectivity index (χ0n) is 10.4. The summed E-state index contributed by atoms with van der Waals surface area (Å²) in [5.41, 5.74) is -1.23. The van der Waals surface area contributed by atoms with Crippen LogP contribution in [0.4, 0.5) is 13.2 Å². The molecule has 7 heteroatoms. The Kier molecular flexibility index (Phi) is 3.89. The van der Waals surface area contributed by atoms with E-state index in [1.165, 1.54) is 25.3 Å². The minimum Gasteiger partial charge on any atom is -0.481 e. The molecule has 2 rings (SSSR count). The normalized spacial score (nSPS) is 13.1. The highest BCUT2D eigenvalue weighted by molar-refractivity contribution is 5.33. The Morgan fingerprint density at radius 3 is 2.65 bits per heavy atom. The van der Waals surface area contributed by atoms with Gasteiger partial charge in [-0.3, -0.25) is 4.98 Å². The number of hydrogen-bond acceptors (Lipinski definition) is 4. The number of hydrogen-bond donors (Lipinski definition) is 1. The summed E-state index contributed by atoms with van der Waals surface area (Å²) in [4.78, 5) is 7.55. The maximum Gasteiger partial charge on any atom is 0.416 e. The summed E-state index contributed by atoms with van der Waals surface area (Å²) >= 11 is 0. The van der Waals surface area contributed by atoms with Crippen molar-refractivity contribution in [2.45, 2.75) is 12.3 Å². The highest BCUT2D eigenvalue weighted by Gasteiger charge is 2.35. The van der Waals surface area contributed by atoms with Crippen LogP contribution in [0.2, 0.25) is 0 Å². The van der Waals surface area contributed by atoms with Gasteiger partial charge in [-0.15, -0.1) is 0 Å². The third-order valence-electron chi connectivity index (χ3n) is 2.69. The predicted octanol–water partition coefficient (Wildman–Crippen LogP) is 2.59. The molecule has 106 valence electrons. The van der Waals surface area contributed by atoms with Gasteiger partial charge in [0.25, 0.3) is 0 Å². The number of ether oxygens (including phenoxy) is 1. The molecule has 4 nitrogen and oxygen atoms in total. The topological polar surface area (TPSA) is 55.2 Å². The van der Waals surface area contributed by atoms with E-state index in [9.17, 15) is 18.3 Å². The molecule has 0 bridgehead atoms. The minimum absolute atomic E-state index is 0.0582. The van der Waals surface area contributed by atoms with Crippen molar-refractivity contribution in [2.75, 3.05) is 7.11 Å². The van der Waals surface area contributed by atoms with E-state index in [0.717, 1.165) is 18.5 Å². The van der Waals surface area contributed by atoms with Crippen LogP contribution in [0.1, 0.15) is 22.9 Å². The van der Waals surface area contributed by atoms with Crippen LogP contribution < -0.4 is 4.74 Å². The molecule has 0 aliphatic rings. The molecule has 0 aliphatic heterocycles. The van der Waals surface area contributed by atoms with Crippen LogP contribution in [0.25, 0.3) is 0 Å². The highest BCUT2D eigenvalue weighted by Crippen LogP contribution is 2.35. The number of aliphatic hydroxyl groups is 1. The molecule has 1 atom stereocenters. The monoisotopic (exact) mass is 284 g/mol. The molecule has 1 N–H and O–H groups in total. The number of methoxy groups -OCH3 is 1.